The molecule has 0 unspecified atom stereocenters. The molecule has 0 radical (unpaired) electrons. The van der Waals surface area contributed by atoms with Gasteiger partial charge < -0.3 is 15.2 Å². The smallest absolute Gasteiger partial charge is 0.191 e. The van der Waals surface area contributed by atoms with Gasteiger partial charge in [-0.15, -0.1) is 10.2 Å². The summed E-state index contributed by atoms with van der Waals surface area (Å²) in [5.41, 5.74) is 1.40. The van der Waals surface area contributed by atoms with Crippen LogP contribution in [0, 0.1) is 0 Å². The number of nitrogens with one attached hydrogen (secondary N) is 2. The van der Waals surface area contributed by atoms with Crippen LogP contribution in [0.25, 0.3) is 0 Å². The summed E-state index contributed by atoms with van der Waals surface area (Å²) in [5.74, 6) is 3.18. The standard InChI is InChI=1S/C24H37N7/c1-2-25-24(26-15-12-23-29-28-22-11-7-4-8-16-31(22)23)27-21-13-17-30(18-14-21)19-20-9-5-3-6-10-20/h3,5-6,9-10,21H,2,4,7-8,11-19H2,1H3,(H2,25,26,27). The van der Waals surface area contributed by atoms with Crippen LogP contribution in [0.5, 0.6) is 0 Å². The van der Waals surface area contributed by atoms with Crippen LogP contribution in [-0.4, -0.2) is 57.8 Å². The molecule has 1 saturated heterocycles. The molecular weight excluding hydrogens is 386 g/mol. The third-order valence-corrected chi connectivity index (χ3v) is 6.31. The number of hydrogen-bond acceptors (Lipinski definition) is 4. The van der Waals surface area contributed by atoms with E-state index in [0.29, 0.717) is 6.04 Å². The Morgan fingerprint density at radius 3 is 2.71 bits per heavy atom. The van der Waals surface area contributed by atoms with Crippen LogP contribution in [0.1, 0.15) is 56.2 Å². The molecule has 4 rings (SSSR count). The number of likely N-dealkylation sites (tertiary alicyclic amines) is 1. The van der Waals surface area contributed by atoms with Crippen molar-refractivity contribution in [2.24, 2.45) is 4.99 Å². The zero-order chi connectivity index (χ0) is 21.3. The zero-order valence-corrected chi connectivity index (χ0v) is 18.9. The van der Waals surface area contributed by atoms with Gasteiger partial charge >= 0.3 is 0 Å². The molecule has 7 nitrogen and oxygen atoms in total. The van der Waals surface area contributed by atoms with Gasteiger partial charge in [-0.25, -0.2) is 0 Å². The number of hydrogen-bond donors (Lipinski definition) is 2. The number of nitrogens with zero attached hydrogens (tertiary/aromatic N) is 5. The van der Waals surface area contributed by atoms with E-state index in [1.165, 1.54) is 24.8 Å². The summed E-state index contributed by atoms with van der Waals surface area (Å²) >= 11 is 0. The second-order valence-electron chi connectivity index (χ2n) is 8.69. The highest BCUT2D eigenvalue weighted by molar-refractivity contribution is 5.80. The van der Waals surface area contributed by atoms with E-state index in [4.69, 9.17) is 4.99 Å². The Kier molecular flexibility index (Phi) is 7.93. The molecule has 3 heterocycles. The number of piperidine rings is 1. The summed E-state index contributed by atoms with van der Waals surface area (Å²) in [4.78, 5) is 7.39. The maximum atomic E-state index is 4.84. The third kappa shape index (κ3) is 6.29. The number of fused-ring (bicyclic) bond motifs is 1. The first-order valence-corrected chi connectivity index (χ1v) is 12.0. The minimum absolute atomic E-state index is 0.481. The van der Waals surface area contributed by atoms with Gasteiger partial charge in [-0.3, -0.25) is 9.89 Å². The molecule has 0 aliphatic carbocycles. The zero-order valence-electron chi connectivity index (χ0n) is 18.9. The van der Waals surface area contributed by atoms with E-state index in [2.05, 4.69) is 67.6 Å². The molecule has 0 spiro atoms. The van der Waals surface area contributed by atoms with E-state index in [9.17, 15) is 0 Å². The molecule has 1 aromatic heterocycles. The molecule has 7 heteroatoms. The lowest BCUT2D eigenvalue weighted by molar-refractivity contribution is 0.198. The Hall–Kier alpha value is -2.41. The summed E-state index contributed by atoms with van der Waals surface area (Å²) in [6.07, 6.45) is 7.95. The summed E-state index contributed by atoms with van der Waals surface area (Å²) < 4.78 is 2.32. The highest BCUT2D eigenvalue weighted by Gasteiger charge is 2.20. The molecule has 0 saturated carbocycles. The number of aliphatic imine (C=N–C) groups is 1. The van der Waals surface area contributed by atoms with E-state index in [1.54, 1.807) is 0 Å². The Morgan fingerprint density at radius 2 is 1.90 bits per heavy atom. The average molecular weight is 424 g/mol. The predicted molar refractivity (Wildman–Crippen MR) is 125 cm³/mol. The van der Waals surface area contributed by atoms with Gasteiger partial charge in [0.15, 0.2) is 5.96 Å². The van der Waals surface area contributed by atoms with Crippen LogP contribution < -0.4 is 10.6 Å². The molecule has 2 aliphatic rings. The van der Waals surface area contributed by atoms with Crippen molar-refractivity contribution < 1.29 is 0 Å². The summed E-state index contributed by atoms with van der Waals surface area (Å²) in [7, 11) is 0. The van der Waals surface area contributed by atoms with Crippen molar-refractivity contribution >= 4 is 5.96 Å². The van der Waals surface area contributed by atoms with Gasteiger partial charge in [-0.05, 0) is 38.2 Å². The maximum Gasteiger partial charge on any atom is 0.191 e. The largest absolute Gasteiger partial charge is 0.357 e. The van der Waals surface area contributed by atoms with Gasteiger partial charge in [-0.2, -0.15) is 0 Å². The molecule has 1 aromatic carbocycles. The maximum absolute atomic E-state index is 4.84. The molecule has 2 aromatic rings. The number of aromatic nitrogens is 3. The lowest BCUT2D eigenvalue weighted by Gasteiger charge is -2.33. The minimum Gasteiger partial charge on any atom is -0.357 e. The van der Waals surface area contributed by atoms with E-state index in [-0.39, 0.29) is 0 Å². The van der Waals surface area contributed by atoms with Crippen LogP contribution >= 0.6 is 0 Å². The van der Waals surface area contributed by atoms with Gasteiger partial charge in [0.05, 0.1) is 0 Å². The lowest BCUT2D eigenvalue weighted by Crippen LogP contribution is -2.48. The van der Waals surface area contributed by atoms with Crippen LogP contribution in [-0.2, 0) is 25.9 Å². The van der Waals surface area contributed by atoms with Crippen LogP contribution in [0.3, 0.4) is 0 Å². The highest BCUT2D eigenvalue weighted by atomic mass is 15.3. The van der Waals surface area contributed by atoms with E-state index >= 15 is 0 Å². The molecule has 0 amide bonds. The first-order valence-electron chi connectivity index (χ1n) is 12.0. The van der Waals surface area contributed by atoms with Crippen molar-refractivity contribution in [1.82, 2.24) is 30.3 Å². The van der Waals surface area contributed by atoms with Gasteiger partial charge in [0.1, 0.15) is 11.6 Å². The Bertz CT molecular complexity index is 822. The van der Waals surface area contributed by atoms with E-state index in [0.717, 1.165) is 82.6 Å². The number of guanidine groups is 1. The molecule has 0 bridgehead atoms. The quantitative estimate of drug-likeness (QED) is 0.529. The average Bonchev–Trinajstić information content (AvgIpc) is 3.02. The summed E-state index contributed by atoms with van der Waals surface area (Å²) in [6.45, 7) is 8.08. The fourth-order valence-electron chi connectivity index (χ4n) is 4.59. The number of benzene rings is 1. The molecule has 31 heavy (non-hydrogen) atoms. The topological polar surface area (TPSA) is 70.4 Å². The fourth-order valence-corrected chi connectivity index (χ4v) is 4.59. The normalized spacial score (nSPS) is 18.4. The number of rotatable bonds is 7. The molecular formula is C24H37N7. The Morgan fingerprint density at radius 1 is 1.06 bits per heavy atom. The summed E-state index contributed by atoms with van der Waals surface area (Å²) in [6, 6.07) is 11.2. The lowest BCUT2D eigenvalue weighted by atomic mass is 10.0. The van der Waals surface area contributed by atoms with Crippen LogP contribution in [0.15, 0.2) is 35.3 Å². The highest BCUT2D eigenvalue weighted by Crippen LogP contribution is 2.15. The van der Waals surface area contributed by atoms with E-state index < -0.39 is 0 Å². The van der Waals surface area contributed by atoms with Crippen LogP contribution in [0.2, 0.25) is 0 Å². The SMILES string of the molecule is CCNC(=NCCc1nnc2n1CCCCC2)NC1CCN(Cc2ccccc2)CC1. The van der Waals surface area contributed by atoms with E-state index in [1.807, 2.05) is 0 Å². The Labute approximate surface area is 186 Å². The molecule has 168 valence electrons. The second-order valence-corrected chi connectivity index (χ2v) is 8.69. The molecule has 1 fully saturated rings. The minimum atomic E-state index is 0.481. The first-order chi connectivity index (χ1) is 15.3. The van der Waals surface area contributed by atoms with Crippen molar-refractivity contribution in [3.8, 4) is 0 Å². The molecule has 0 atom stereocenters. The second kappa shape index (κ2) is 11.3. The van der Waals surface area contributed by atoms with Gasteiger partial charge in [0.25, 0.3) is 0 Å². The monoisotopic (exact) mass is 423 g/mol. The van der Waals surface area contributed by atoms with Crippen molar-refractivity contribution in [1.29, 1.82) is 0 Å². The van der Waals surface area contributed by atoms with Gasteiger partial charge in [-0.1, -0.05) is 36.8 Å². The summed E-state index contributed by atoms with van der Waals surface area (Å²) in [5, 5.41) is 15.9. The third-order valence-electron chi connectivity index (χ3n) is 6.31. The van der Waals surface area contributed by atoms with Gasteiger partial charge in [0.2, 0.25) is 0 Å². The van der Waals surface area contributed by atoms with Crippen molar-refractivity contribution in [3.63, 3.8) is 0 Å². The Balaban J connectivity index is 1.25. The fraction of sp³-hybridized carbons (Fsp3) is 0.625. The van der Waals surface area contributed by atoms with Gasteiger partial charge in [0, 0.05) is 58.2 Å². The van der Waals surface area contributed by atoms with Crippen LogP contribution in [0.4, 0.5) is 0 Å². The predicted octanol–water partition coefficient (Wildman–Crippen LogP) is 2.77. The molecule has 2 aliphatic heterocycles. The van der Waals surface area contributed by atoms with Crippen molar-refractivity contribution in [3.05, 3.63) is 47.5 Å². The molecule has 2 N–H and O–H groups in total. The van der Waals surface area contributed by atoms with Crippen molar-refractivity contribution in [2.75, 3.05) is 26.2 Å². The number of aryl methyl sites for hydroxylation is 1. The first kappa shape index (κ1) is 21.8. The van der Waals surface area contributed by atoms with Crippen molar-refractivity contribution in [2.45, 2.75) is 71.0 Å².